The van der Waals surface area contributed by atoms with Crippen LogP contribution < -0.4 is 0 Å². The van der Waals surface area contributed by atoms with Crippen molar-refractivity contribution in [3.8, 4) is 6.07 Å². The predicted octanol–water partition coefficient (Wildman–Crippen LogP) is 2.27. The normalized spacial score (nSPS) is 27.0. The quantitative estimate of drug-likeness (QED) is 0.603. The van der Waals surface area contributed by atoms with E-state index < -0.39 is 5.60 Å². The molecule has 3 nitrogen and oxygen atoms in total. The summed E-state index contributed by atoms with van der Waals surface area (Å²) in [5.41, 5.74) is -0.445. The van der Waals surface area contributed by atoms with Gasteiger partial charge in [0.05, 0.1) is 17.9 Å². The van der Waals surface area contributed by atoms with E-state index in [2.05, 4.69) is 6.07 Å². The van der Waals surface area contributed by atoms with Crippen LogP contribution in [0.2, 0.25) is 0 Å². The van der Waals surface area contributed by atoms with E-state index in [0.29, 0.717) is 0 Å². The highest BCUT2D eigenvalue weighted by molar-refractivity contribution is 5.74. The lowest BCUT2D eigenvalue weighted by Crippen LogP contribution is -2.30. The average molecular weight is 195 g/mol. The SMILES string of the molecule is CC(C)(C)OC(=O)[C@@H]1CCC[C@@H]1C#N. The molecule has 0 aromatic rings. The summed E-state index contributed by atoms with van der Waals surface area (Å²) in [6.07, 6.45) is 2.59. The minimum atomic E-state index is -0.445. The van der Waals surface area contributed by atoms with Gasteiger partial charge in [-0.1, -0.05) is 6.42 Å². The summed E-state index contributed by atoms with van der Waals surface area (Å²) < 4.78 is 5.26. The monoisotopic (exact) mass is 195 g/mol. The minimum Gasteiger partial charge on any atom is -0.460 e. The summed E-state index contributed by atoms with van der Waals surface area (Å²) in [6, 6.07) is 2.18. The van der Waals surface area contributed by atoms with E-state index in [1.807, 2.05) is 20.8 Å². The highest BCUT2D eigenvalue weighted by Gasteiger charge is 2.35. The van der Waals surface area contributed by atoms with Crippen molar-refractivity contribution in [2.45, 2.75) is 45.6 Å². The molecule has 0 bridgehead atoms. The van der Waals surface area contributed by atoms with Gasteiger partial charge in [0, 0.05) is 0 Å². The second-order valence-electron chi connectivity index (χ2n) is 4.81. The first kappa shape index (κ1) is 11.0. The summed E-state index contributed by atoms with van der Waals surface area (Å²) >= 11 is 0. The van der Waals surface area contributed by atoms with Gasteiger partial charge in [-0.3, -0.25) is 4.79 Å². The van der Waals surface area contributed by atoms with Gasteiger partial charge < -0.3 is 4.74 Å². The fourth-order valence-corrected chi connectivity index (χ4v) is 1.77. The average Bonchev–Trinajstić information content (AvgIpc) is 2.47. The molecule has 0 radical (unpaired) electrons. The number of nitrogens with zero attached hydrogens (tertiary/aromatic N) is 1. The van der Waals surface area contributed by atoms with Crippen LogP contribution in [0.3, 0.4) is 0 Å². The number of carbonyl (C=O) groups excluding carboxylic acids is 1. The van der Waals surface area contributed by atoms with E-state index in [-0.39, 0.29) is 17.8 Å². The molecule has 78 valence electrons. The molecule has 0 aliphatic heterocycles. The Hall–Kier alpha value is -1.04. The third kappa shape index (κ3) is 2.73. The Kier molecular flexibility index (Phi) is 3.15. The molecule has 1 aliphatic rings. The maximum absolute atomic E-state index is 11.7. The van der Waals surface area contributed by atoms with Gasteiger partial charge in [0.25, 0.3) is 0 Å². The first-order valence-corrected chi connectivity index (χ1v) is 5.06. The van der Waals surface area contributed by atoms with Crippen molar-refractivity contribution in [2.75, 3.05) is 0 Å². The summed E-state index contributed by atoms with van der Waals surface area (Å²) in [6.45, 7) is 5.55. The van der Waals surface area contributed by atoms with Crippen LogP contribution in [0.5, 0.6) is 0 Å². The maximum atomic E-state index is 11.7. The highest BCUT2D eigenvalue weighted by Crippen LogP contribution is 2.32. The molecule has 0 amide bonds. The smallest absolute Gasteiger partial charge is 0.310 e. The zero-order valence-corrected chi connectivity index (χ0v) is 9.04. The number of hydrogen-bond acceptors (Lipinski definition) is 3. The largest absolute Gasteiger partial charge is 0.460 e. The van der Waals surface area contributed by atoms with E-state index in [1.54, 1.807) is 0 Å². The summed E-state index contributed by atoms with van der Waals surface area (Å²) in [7, 11) is 0. The zero-order chi connectivity index (χ0) is 10.8. The van der Waals surface area contributed by atoms with Gasteiger partial charge in [0.2, 0.25) is 0 Å². The van der Waals surface area contributed by atoms with Gasteiger partial charge in [0.1, 0.15) is 5.60 Å². The Morgan fingerprint density at radius 3 is 2.57 bits per heavy atom. The Balaban J connectivity index is 2.57. The standard InChI is InChI=1S/C11H17NO2/c1-11(2,3)14-10(13)9-6-4-5-8(9)7-12/h8-9H,4-6H2,1-3H3/t8-,9-/m1/s1. The number of nitriles is 1. The molecule has 0 unspecified atom stereocenters. The third-order valence-corrected chi connectivity index (χ3v) is 2.39. The van der Waals surface area contributed by atoms with Gasteiger partial charge in [-0.05, 0) is 33.6 Å². The van der Waals surface area contributed by atoms with Gasteiger partial charge in [-0.2, -0.15) is 5.26 Å². The molecule has 1 rings (SSSR count). The zero-order valence-electron chi connectivity index (χ0n) is 9.04. The van der Waals surface area contributed by atoms with Crippen LogP contribution in [-0.2, 0) is 9.53 Å². The Labute approximate surface area is 85.1 Å². The van der Waals surface area contributed by atoms with Gasteiger partial charge >= 0.3 is 5.97 Å². The van der Waals surface area contributed by atoms with E-state index in [4.69, 9.17) is 10.00 Å². The summed E-state index contributed by atoms with van der Waals surface area (Å²) in [5.74, 6) is -0.536. The first-order chi connectivity index (χ1) is 6.44. The molecule has 1 fully saturated rings. The van der Waals surface area contributed by atoms with Crippen molar-refractivity contribution >= 4 is 5.97 Å². The Morgan fingerprint density at radius 2 is 2.07 bits per heavy atom. The Morgan fingerprint density at radius 1 is 1.43 bits per heavy atom. The van der Waals surface area contributed by atoms with Crippen LogP contribution >= 0.6 is 0 Å². The van der Waals surface area contributed by atoms with Gasteiger partial charge in [-0.25, -0.2) is 0 Å². The Bertz CT molecular complexity index is 259. The molecule has 0 aromatic heterocycles. The van der Waals surface area contributed by atoms with Crippen LogP contribution in [0.25, 0.3) is 0 Å². The lowest BCUT2D eigenvalue weighted by atomic mass is 9.97. The lowest BCUT2D eigenvalue weighted by Gasteiger charge is -2.22. The molecule has 14 heavy (non-hydrogen) atoms. The van der Waals surface area contributed by atoms with Crippen LogP contribution in [0, 0.1) is 23.2 Å². The molecule has 0 saturated heterocycles. The number of carbonyl (C=O) groups is 1. The molecule has 0 aromatic carbocycles. The van der Waals surface area contributed by atoms with Crippen molar-refractivity contribution in [3.63, 3.8) is 0 Å². The van der Waals surface area contributed by atoms with Crippen molar-refractivity contribution in [1.29, 1.82) is 5.26 Å². The molecule has 2 atom stereocenters. The minimum absolute atomic E-state index is 0.134. The van der Waals surface area contributed by atoms with Crippen LogP contribution in [-0.4, -0.2) is 11.6 Å². The molecule has 1 aliphatic carbocycles. The van der Waals surface area contributed by atoms with Crippen molar-refractivity contribution < 1.29 is 9.53 Å². The van der Waals surface area contributed by atoms with Crippen LogP contribution in [0.1, 0.15) is 40.0 Å². The second kappa shape index (κ2) is 4.00. The summed E-state index contributed by atoms with van der Waals surface area (Å²) in [4.78, 5) is 11.7. The predicted molar refractivity (Wildman–Crippen MR) is 52.3 cm³/mol. The maximum Gasteiger partial charge on any atom is 0.310 e. The van der Waals surface area contributed by atoms with Gasteiger partial charge in [-0.15, -0.1) is 0 Å². The number of ether oxygens (including phenoxy) is 1. The number of rotatable bonds is 1. The molecular formula is C11H17NO2. The van der Waals surface area contributed by atoms with Crippen molar-refractivity contribution in [2.24, 2.45) is 11.8 Å². The number of hydrogen-bond donors (Lipinski definition) is 0. The molecule has 0 spiro atoms. The van der Waals surface area contributed by atoms with Crippen LogP contribution in [0.4, 0.5) is 0 Å². The van der Waals surface area contributed by atoms with Gasteiger partial charge in [0.15, 0.2) is 0 Å². The van der Waals surface area contributed by atoms with Crippen molar-refractivity contribution in [3.05, 3.63) is 0 Å². The number of esters is 1. The topological polar surface area (TPSA) is 50.1 Å². The second-order valence-corrected chi connectivity index (χ2v) is 4.81. The molecule has 0 heterocycles. The summed E-state index contributed by atoms with van der Waals surface area (Å²) in [5, 5.41) is 8.83. The van der Waals surface area contributed by atoms with E-state index in [9.17, 15) is 4.79 Å². The molecular weight excluding hydrogens is 178 g/mol. The van der Waals surface area contributed by atoms with Crippen molar-refractivity contribution in [1.82, 2.24) is 0 Å². The molecule has 3 heteroatoms. The van der Waals surface area contributed by atoms with E-state index >= 15 is 0 Å². The lowest BCUT2D eigenvalue weighted by molar-refractivity contribution is -0.160. The highest BCUT2D eigenvalue weighted by atomic mass is 16.6. The van der Waals surface area contributed by atoms with E-state index in [0.717, 1.165) is 19.3 Å². The van der Waals surface area contributed by atoms with Crippen LogP contribution in [0.15, 0.2) is 0 Å². The molecule has 0 N–H and O–H groups in total. The third-order valence-electron chi connectivity index (χ3n) is 2.39. The fraction of sp³-hybridized carbons (Fsp3) is 0.818. The fourth-order valence-electron chi connectivity index (χ4n) is 1.77. The first-order valence-electron chi connectivity index (χ1n) is 5.06. The molecule has 1 saturated carbocycles. The van der Waals surface area contributed by atoms with E-state index in [1.165, 1.54) is 0 Å².